The van der Waals surface area contributed by atoms with E-state index in [4.69, 9.17) is 11.1 Å². The molecule has 8 heteroatoms. The molecule has 1 aromatic heterocycles. The molecule has 4 aromatic rings. The number of rotatable bonds is 11. The summed E-state index contributed by atoms with van der Waals surface area (Å²) in [7, 11) is 0. The average Bonchev–Trinajstić information content (AvgIpc) is 3.37. The van der Waals surface area contributed by atoms with Crippen molar-refractivity contribution < 1.29 is 14.7 Å². The van der Waals surface area contributed by atoms with Crippen LogP contribution < -0.4 is 11.1 Å². The first-order valence-corrected chi connectivity index (χ1v) is 12.2. The Morgan fingerprint density at radius 3 is 2.22 bits per heavy atom. The van der Waals surface area contributed by atoms with E-state index in [2.05, 4.69) is 10.3 Å². The second-order valence-electron chi connectivity index (χ2n) is 8.96. The zero-order valence-corrected chi connectivity index (χ0v) is 20.4. The number of nitrogens with two attached hydrogens (primary N) is 1. The molecular weight excluding hydrogens is 466 g/mol. The molecular formula is C29H31N5O3. The van der Waals surface area contributed by atoms with Crippen molar-refractivity contribution in [2.75, 3.05) is 6.54 Å². The minimum Gasteiger partial charge on any atom is -0.480 e. The monoisotopic (exact) mass is 497 g/mol. The van der Waals surface area contributed by atoms with Gasteiger partial charge < -0.3 is 26.0 Å². The number of carbonyl (C=O) groups is 2. The summed E-state index contributed by atoms with van der Waals surface area (Å²) in [6.07, 6.45) is 2.49. The molecule has 0 aliphatic heterocycles. The Morgan fingerprint density at radius 1 is 0.973 bits per heavy atom. The van der Waals surface area contributed by atoms with Crippen molar-refractivity contribution in [2.45, 2.75) is 31.3 Å². The number of hydrogen-bond donors (Lipinski definition) is 5. The number of carbonyl (C=O) groups excluding carboxylic acids is 1. The number of aliphatic carboxylic acids is 1. The molecule has 0 spiro atoms. The number of H-pyrrole nitrogens is 1. The van der Waals surface area contributed by atoms with E-state index >= 15 is 0 Å². The lowest BCUT2D eigenvalue weighted by atomic mass is 9.89. The van der Waals surface area contributed by atoms with E-state index in [-0.39, 0.29) is 24.8 Å². The minimum atomic E-state index is -1.07. The lowest BCUT2D eigenvalue weighted by molar-refractivity contribution is -0.151. The topological polar surface area (TPSA) is 135 Å². The molecule has 1 heterocycles. The first-order chi connectivity index (χ1) is 17.9. The fraction of sp³-hybridized carbons (Fsp3) is 0.207. The van der Waals surface area contributed by atoms with E-state index in [0.717, 1.165) is 27.6 Å². The first kappa shape index (κ1) is 25.5. The molecule has 190 valence electrons. The molecule has 0 saturated heterocycles. The minimum absolute atomic E-state index is 0.146. The van der Waals surface area contributed by atoms with Crippen molar-refractivity contribution >= 4 is 28.7 Å². The number of carboxylic acid groups (broad SMARTS) is 1. The van der Waals surface area contributed by atoms with Gasteiger partial charge in [0.2, 0.25) is 5.91 Å². The molecule has 1 unspecified atom stereocenters. The highest BCUT2D eigenvalue weighted by Crippen LogP contribution is 2.30. The highest BCUT2D eigenvalue weighted by Gasteiger charge is 2.35. The van der Waals surface area contributed by atoms with Crippen molar-refractivity contribution in [1.29, 1.82) is 5.41 Å². The zero-order chi connectivity index (χ0) is 26.2. The number of carboxylic acids is 1. The Morgan fingerprint density at radius 2 is 1.62 bits per heavy atom. The van der Waals surface area contributed by atoms with Gasteiger partial charge in [0.25, 0.3) is 0 Å². The van der Waals surface area contributed by atoms with Gasteiger partial charge in [-0.1, -0.05) is 66.7 Å². The second-order valence-corrected chi connectivity index (χ2v) is 8.96. The van der Waals surface area contributed by atoms with Gasteiger partial charge in [-0.2, -0.15) is 0 Å². The van der Waals surface area contributed by atoms with Crippen molar-refractivity contribution in [3.63, 3.8) is 0 Å². The summed E-state index contributed by atoms with van der Waals surface area (Å²) >= 11 is 0. The van der Waals surface area contributed by atoms with Crippen LogP contribution in [0.2, 0.25) is 0 Å². The molecule has 1 amide bonds. The molecule has 0 aliphatic carbocycles. The van der Waals surface area contributed by atoms with Crippen LogP contribution in [0.1, 0.15) is 35.4 Å². The number of aromatic amines is 1. The third-order valence-electron chi connectivity index (χ3n) is 6.40. The Hall–Kier alpha value is -4.59. The highest BCUT2D eigenvalue weighted by molar-refractivity contribution is 5.91. The van der Waals surface area contributed by atoms with Gasteiger partial charge >= 0.3 is 5.97 Å². The third kappa shape index (κ3) is 6.35. The number of amides is 1. The highest BCUT2D eigenvalue weighted by atomic mass is 16.4. The summed E-state index contributed by atoms with van der Waals surface area (Å²) in [4.78, 5) is 31.5. The number of hydrogen-bond acceptors (Lipinski definition) is 3. The lowest BCUT2D eigenvalue weighted by Crippen LogP contribution is -2.47. The van der Waals surface area contributed by atoms with Crippen LogP contribution in [-0.4, -0.2) is 45.4 Å². The zero-order valence-electron chi connectivity index (χ0n) is 20.4. The maximum Gasteiger partial charge on any atom is 0.326 e. The summed E-state index contributed by atoms with van der Waals surface area (Å²) in [5.41, 5.74) is 8.78. The largest absolute Gasteiger partial charge is 0.480 e. The number of aromatic nitrogens is 1. The Labute approximate surface area is 215 Å². The van der Waals surface area contributed by atoms with E-state index in [9.17, 15) is 14.7 Å². The fourth-order valence-electron chi connectivity index (χ4n) is 4.61. The molecule has 4 rings (SSSR count). The maximum absolute atomic E-state index is 14.3. The van der Waals surface area contributed by atoms with Crippen LogP contribution in [0.4, 0.5) is 0 Å². The van der Waals surface area contributed by atoms with Crippen LogP contribution in [0, 0.1) is 5.41 Å². The van der Waals surface area contributed by atoms with Crippen molar-refractivity contribution in [3.8, 4) is 0 Å². The normalized spacial score (nSPS) is 11.8. The summed E-state index contributed by atoms with van der Waals surface area (Å²) in [6.45, 7) is 0.491. The molecule has 6 N–H and O–H groups in total. The van der Waals surface area contributed by atoms with Crippen molar-refractivity contribution in [2.24, 2.45) is 5.73 Å². The number of guanidine groups is 1. The number of benzene rings is 3. The number of nitrogens with one attached hydrogen (secondary N) is 3. The van der Waals surface area contributed by atoms with Gasteiger partial charge in [0.05, 0.1) is 5.92 Å². The Balaban J connectivity index is 1.72. The van der Waals surface area contributed by atoms with E-state index in [0.29, 0.717) is 13.0 Å². The summed E-state index contributed by atoms with van der Waals surface area (Å²) in [6, 6.07) is 25.6. The van der Waals surface area contributed by atoms with Gasteiger partial charge in [-0.05, 0) is 53.1 Å². The lowest BCUT2D eigenvalue weighted by Gasteiger charge is -2.33. The molecule has 0 saturated carbocycles. The molecule has 0 bridgehead atoms. The van der Waals surface area contributed by atoms with Gasteiger partial charge in [-0.3, -0.25) is 10.2 Å². The van der Waals surface area contributed by atoms with Crippen molar-refractivity contribution in [3.05, 3.63) is 108 Å². The van der Waals surface area contributed by atoms with E-state index in [1.54, 1.807) is 0 Å². The van der Waals surface area contributed by atoms with E-state index in [1.165, 1.54) is 4.90 Å². The van der Waals surface area contributed by atoms with Crippen LogP contribution >= 0.6 is 0 Å². The second kappa shape index (κ2) is 11.9. The summed E-state index contributed by atoms with van der Waals surface area (Å²) in [5, 5.41) is 21.3. The smallest absolute Gasteiger partial charge is 0.326 e. The molecule has 8 nitrogen and oxygen atoms in total. The first-order valence-electron chi connectivity index (χ1n) is 12.2. The maximum atomic E-state index is 14.3. The van der Waals surface area contributed by atoms with Crippen LogP contribution in [0.3, 0.4) is 0 Å². The molecule has 0 aliphatic rings. The van der Waals surface area contributed by atoms with Crippen molar-refractivity contribution in [1.82, 2.24) is 15.2 Å². The number of nitrogens with zero attached hydrogens (tertiary/aromatic N) is 1. The molecule has 0 radical (unpaired) electrons. The number of fused-ring (bicyclic) bond motifs is 1. The van der Waals surface area contributed by atoms with E-state index < -0.39 is 17.9 Å². The van der Waals surface area contributed by atoms with Crippen LogP contribution in [0.5, 0.6) is 0 Å². The summed E-state index contributed by atoms with van der Waals surface area (Å²) in [5.74, 6) is -2.18. The van der Waals surface area contributed by atoms with Crippen LogP contribution in [-0.2, 0) is 16.1 Å². The van der Waals surface area contributed by atoms with Gasteiger partial charge in [-0.25, -0.2) is 4.79 Å². The molecule has 1 atom stereocenters. The molecule has 0 fully saturated rings. The van der Waals surface area contributed by atoms with Crippen LogP contribution in [0.15, 0.2) is 91.1 Å². The Kier molecular flexibility index (Phi) is 8.20. The fourth-order valence-corrected chi connectivity index (χ4v) is 4.61. The SMILES string of the molecule is N=C(N)NCCCC(C(=O)O)N(Cc1ccc2[nH]ccc2c1)C(=O)C(c1ccccc1)c1ccccc1. The standard InChI is InChI=1S/C29H31N5O3/c30-29(31)33-16-7-12-25(28(36)37)34(19-20-13-14-24-23(18-20)15-17-32-24)27(35)26(21-8-3-1-4-9-21)22-10-5-2-6-11-22/h1-6,8-11,13-15,17-18,25-26,32H,7,12,16,19H2,(H,36,37)(H4,30,31,33). The van der Waals surface area contributed by atoms with E-state index in [1.807, 2.05) is 91.1 Å². The molecule has 37 heavy (non-hydrogen) atoms. The van der Waals surface area contributed by atoms with Crippen LogP contribution in [0.25, 0.3) is 10.9 Å². The Bertz CT molecular complexity index is 1310. The summed E-state index contributed by atoms with van der Waals surface area (Å²) < 4.78 is 0. The van der Waals surface area contributed by atoms with Gasteiger partial charge in [0.15, 0.2) is 5.96 Å². The third-order valence-corrected chi connectivity index (χ3v) is 6.40. The van der Waals surface area contributed by atoms with Gasteiger partial charge in [0.1, 0.15) is 6.04 Å². The predicted molar refractivity (Wildman–Crippen MR) is 144 cm³/mol. The quantitative estimate of drug-likeness (QED) is 0.121. The molecule has 3 aromatic carbocycles. The van der Waals surface area contributed by atoms with Gasteiger partial charge in [0, 0.05) is 24.8 Å². The van der Waals surface area contributed by atoms with Gasteiger partial charge in [-0.15, -0.1) is 0 Å². The average molecular weight is 498 g/mol. The predicted octanol–water partition coefficient (Wildman–Crippen LogP) is 4.05.